The van der Waals surface area contributed by atoms with Gasteiger partial charge in [-0.3, -0.25) is 4.79 Å². The Morgan fingerprint density at radius 1 is 1.40 bits per heavy atom. The van der Waals surface area contributed by atoms with Gasteiger partial charge in [-0.25, -0.2) is 0 Å². The van der Waals surface area contributed by atoms with Crippen molar-refractivity contribution in [2.45, 2.75) is 31.9 Å². The molecule has 1 nitrogen and oxygen atoms in total. The first-order valence-electron chi connectivity index (χ1n) is 3.52. The van der Waals surface area contributed by atoms with E-state index in [9.17, 15) is 4.79 Å². The van der Waals surface area contributed by atoms with Crippen LogP contribution in [0, 0.1) is 5.41 Å². The summed E-state index contributed by atoms with van der Waals surface area (Å²) in [6.45, 7) is 6.36. The second kappa shape index (κ2) is 2.00. The number of carbonyl (C=O) groups excluding carboxylic acids is 1. The van der Waals surface area contributed by atoms with Crippen LogP contribution in [0.15, 0.2) is 0 Å². The third kappa shape index (κ3) is 0.746. The predicted octanol–water partition coefficient (Wildman–Crippen LogP) is 2.11. The predicted molar refractivity (Wildman–Crippen MR) is 45.3 cm³/mol. The summed E-state index contributed by atoms with van der Waals surface area (Å²) in [5, 5.41) is 0. The van der Waals surface area contributed by atoms with Crippen LogP contribution in [0.25, 0.3) is 0 Å². The molecule has 0 amide bonds. The largest absolute Gasteiger partial charge is 0.298 e. The monoisotopic (exact) mass is 158 g/mol. The van der Waals surface area contributed by atoms with E-state index in [-0.39, 0.29) is 10.2 Å². The van der Waals surface area contributed by atoms with E-state index in [1.165, 1.54) is 0 Å². The number of hydrogen-bond donors (Lipinski definition) is 0. The second-order valence-electron chi connectivity index (χ2n) is 3.72. The summed E-state index contributed by atoms with van der Waals surface area (Å²) in [5.41, 5.74) is 0.212. The summed E-state index contributed by atoms with van der Waals surface area (Å²) in [6, 6.07) is 0. The van der Waals surface area contributed by atoms with E-state index in [2.05, 4.69) is 13.8 Å². The molecule has 0 N–H and O–H groups in total. The lowest BCUT2D eigenvalue weighted by Crippen LogP contribution is -2.57. The van der Waals surface area contributed by atoms with Gasteiger partial charge in [0.25, 0.3) is 0 Å². The van der Waals surface area contributed by atoms with Crippen LogP contribution in [-0.4, -0.2) is 16.8 Å². The van der Waals surface area contributed by atoms with Gasteiger partial charge >= 0.3 is 0 Å². The molecule has 0 aromatic rings. The molecule has 1 atom stereocenters. The zero-order valence-electron chi connectivity index (χ0n) is 7.02. The molecule has 0 heterocycles. The summed E-state index contributed by atoms with van der Waals surface area (Å²) >= 11 is 1.68. The van der Waals surface area contributed by atoms with Gasteiger partial charge in [0.1, 0.15) is 5.78 Å². The highest BCUT2D eigenvalue weighted by Crippen LogP contribution is 2.53. The van der Waals surface area contributed by atoms with Gasteiger partial charge in [0, 0.05) is 6.42 Å². The number of hydrogen-bond acceptors (Lipinski definition) is 2. The molecule has 0 aromatic heterocycles. The maximum Gasteiger partial charge on any atom is 0.149 e. The van der Waals surface area contributed by atoms with E-state index in [1.54, 1.807) is 11.8 Å². The van der Waals surface area contributed by atoms with E-state index in [1.807, 2.05) is 13.2 Å². The van der Waals surface area contributed by atoms with Crippen LogP contribution in [0.2, 0.25) is 0 Å². The summed E-state index contributed by atoms with van der Waals surface area (Å²) in [7, 11) is 0. The van der Waals surface area contributed by atoms with Crippen LogP contribution < -0.4 is 0 Å². The normalized spacial score (nSPS) is 37.4. The zero-order chi connectivity index (χ0) is 7.99. The van der Waals surface area contributed by atoms with Gasteiger partial charge in [0.15, 0.2) is 0 Å². The summed E-state index contributed by atoms with van der Waals surface area (Å²) < 4.78 is -0.104. The Labute approximate surface area is 66.6 Å². The molecular formula is C8H14OS. The molecule has 0 bridgehead atoms. The fourth-order valence-electron chi connectivity index (χ4n) is 1.40. The quantitative estimate of drug-likeness (QED) is 0.581. The first-order valence-corrected chi connectivity index (χ1v) is 4.75. The summed E-state index contributed by atoms with van der Waals surface area (Å²) in [6.07, 6.45) is 2.77. The molecule has 0 aliphatic heterocycles. The first-order chi connectivity index (χ1) is 4.44. The van der Waals surface area contributed by atoms with Gasteiger partial charge in [-0.2, -0.15) is 11.8 Å². The van der Waals surface area contributed by atoms with Gasteiger partial charge < -0.3 is 0 Å². The van der Waals surface area contributed by atoms with Crippen molar-refractivity contribution < 1.29 is 4.79 Å². The highest BCUT2D eigenvalue weighted by Gasteiger charge is 2.56. The van der Waals surface area contributed by atoms with Crippen molar-refractivity contribution in [3.8, 4) is 0 Å². The highest BCUT2D eigenvalue weighted by atomic mass is 32.2. The standard InChI is InChI=1S/C8H14OS/c1-7(2)5-6(9)8(7,3)10-4/h5H2,1-4H3. The molecule has 2 heteroatoms. The van der Waals surface area contributed by atoms with Gasteiger partial charge in [-0.15, -0.1) is 0 Å². The average Bonchev–Trinajstić information content (AvgIpc) is 1.85. The maximum atomic E-state index is 11.2. The molecule has 1 aliphatic carbocycles. The molecular weight excluding hydrogens is 144 g/mol. The molecule has 0 saturated heterocycles. The van der Waals surface area contributed by atoms with Gasteiger partial charge in [0.05, 0.1) is 4.75 Å². The molecule has 1 rings (SSSR count). The molecule has 1 saturated carbocycles. The van der Waals surface area contributed by atoms with Crippen LogP contribution in [0.3, 0.4) is 0 Å². The van der Waals surface area contributed by atoms with E-state index < -0.39 is 0 Å². The molecule has 0 spiro atoms. The Bertz CT molecular complexity index is 174. The Kier molecular flexibility index (Phi) is 1.63. The molecule has 0 aromatic carbocycles. The van der Waals surface area contributed by atoms with Crippen molar-refractivity contribution in [3.63, 3.8) is 0 Å². The maximum absolute atomic E-state index is 11.2. The van der Waals surface area contributed by atoms with Crippen molar-refractivity contribution in [1.82, 2.24) is 0 Å². The fourth-order valence-corrected chi connectivity index (χ4v) is 2.32. The molecule has 1 fully saturated rings. The summed E-state index contributed by atoms with van der Waals surface area (Å²) in [5.74, 6) is 0.407. The van der Waals surface area contributed by atoms with Gasteiger partial charge in [-0.05, 0) is 18.6 Å². The lowest BCUT2D eigenvalue weighted by molar-refractivity contribution is -0.135. The third-order valence-corrected chi connectivity index (χ3v) is 4.43. The van der Waals surface area contributed by atoms with Crippen molar-refractivity contribution in [1.29, 1.82) is 0 Å². The number of thioether (sulfide) groups is 1. The van der Waals surface area contributed by atoms with Crippen molar-refractivity contribution in [2.24, 2.45) is 5.41 Å². The third-order valence-electron chi connectivity index (χ3n) is 2.83. The van der Waals surface area contributed by atoms with Crippen molar-refractivity contribution in [2.75, 3.05) is 6.26 Å². The number of carbonyl (C=O) groups is 1. The first kappa shape index (κ1) is 8.12. The molecule has 1 aliphatic rings. The smallest absolute Gasteiger partial charge is 0.149 e. The van der Waals surface area contributed by atoms with Crippen LogP contribution in [0.5, 0.6) is 0 Å². The van der Waals surface area contributed by atoms with Gasteiger partial charge in [-0.1, -0.05) is 13.8 Å². The highest BCUT2D eigenvalue weighted by molar-refractivity contribution is 8.00. The van der Waals surface area contributed by atoms with E-state index in [4.69, 9.17) is 0 Å². The lowest BCUT2D eigenvalue weighted by atomic mass is 9.61. The van der Waals surface area contributed by atoms with Crippen LogP contribution in [-0.2, 0) is 4.79 Å². The number of Topliss-reactive ketones (excluding diaryl/α,β-unsaturated/α-hetero) is 1. The van der Waals surface area contributed by atoms with Crippen molar-refractivity contribution in [3.05, 3.63) is 0 Å². The van der Waals surface area contributed by atoms with Crippen LogP contribution >= 0.6 is 11.8 Å². The minimum Gasteiger partial charge on any atom is -0.298 e. The van der Waals surface area contributed by atoms with Crippen LogP contribution in [0.1, 0.15) is 27.2 Å². The van der Waals surface area contributed by atoms with E-state index in [0.717, 1.165) is 6.42 Å². The SMILES string of the molecule is CSC1(C)C(=O)CC1(C)C. The Morgan fingerprint density at radius 3 is 2.00 bits per heavy atom. The number of ketones is 1. The Balaban J connectivity index is 2.83. The van der Waals surface area contributed by atoms with Gasteiger partial charge in [0.2, 0.25) is 0 Å². The van der Waals surface area contributed by atoms with Crippen LogP contribution in [0.4, 0.5) is 0 Å². The molecule has 1 unspecified atom stereocenters. The second-order valence-corrected chi connectivity index (χ2v) is 4.95. The Morgan fingerprint density at radius 2 is 1.90 bits per heavy atom. The zero-order valence-corrected chi connectivity index (χ0v) is 7.84. The topological polar surface area (TPSA) is 17.1 Å². The van der Waals surface area contributed by atoms with E-state index in [0.29, 0.717) is 5.78 Å². The summed E-state index contributed by atoms with van der Waals surface area (Å²) in [4.78, 5) is 11.2. The fraction of sp³-hybridized carbons (Fsp3) is 0.875. The minimum absolute atomic E-state index is 0.104. The molecule has 10 heavy (non-hydrogen) atoms. The molecule has 0 radical (unpaired) electrons. The minimum atomic E-state index is -0.104. The molecule has 58 valence electrons. The van der Waals surface area contributed by atoms with Crippen molar-refractivity contribution >= 4 is 17.5 Å². The lowest BCUT2D eigenvalue weighted by Gasteiger charge is -2.51. The number of rotatable bonds is 1. The Hall–Kier alpha value is 0.0200. The average molecular weight is 158 g/mol. The van der Waals surface area contributed by atoms with E-state index >= 15 is 0 Å².